The van der Waals surface area contributed by atoms with Crippen molar-refractivity contribution >= 4 is 38.9 Å². The Morgan fingerprint density at radius 2 is 2.12 bits per heavy atom. The molecule has 0 fully saturated rings. The van der Waals surface area contributed by atoms with Gasteiger partial charge >= 0.3 is 0 Å². The molecule has 0 bridgehead atoms. The van der Waals surface area contributed by atoms with E-state index in [1.807, 2.05) is 12.1 Å². The number of thiophene rings is 1. The van der Waals surface area contributed by atoms with E-state index in [0.717, 1.165) is 14.2 Å². The Morgan fingerprint density at radius 1 is 1.35 bits per heavy atom. The summed E-state index contributed by atoms with van der Waals surface area (Å²) in [6, 6.07) is 8.58. The van der Waals surface area contributed by atoms with Crippen molar-refractivity contribution < 1.29 is 4.39 Å². The van der Waals surface area contributed by atoms with Gasteiger partial charge in [0.2, 0.25) is 0 Å². The first-order valence-corrected chi connectivity index (χ1v) is 7.00. The number of rotatable bonds is 3. The maximum absolute atomic E-state index is 13.0. The van der Waals surface area contributed by atoms with E-state index in [2.05, 4.69) is 15.9 Å². The zero-order valence-corrected chi connectivity index (χ0v) is 11.9. The Balaban J connectivity index is 2.12. The van der Waals surface area contributed by atoms with Crippen LogP contribution in [0.5, 0.6) is 0 Å². The highest BCUT2D eigenvalue weighted by molar-refractivity contribution is 9.11. The van der Waals surface area contributed by atoms with Gasteiger partial charge in [-0.1, -0.05) is 17.7 Å². The lowest BCUT2D eigenvalue weighted by Crippen LogP contribution is -2.11. The monoisotopic (exact) mass is 333 g/mol. The first kappa shape index (κ1) is 13.0. The third-order valence-corrected chi connectivity index (χ3v) is 4.44. The summed E-state index contributed by atoms with van der Waals surface area (Å²) in [7, 11) is 0. The van der Waals surface area contributed by atoms with Crippen LogP contribution >= 0.6 is 38.9 Å². The van der Waals surface area contributed by atoms with Crippen LogP contribution in [0.25, 0.3) is 0 Å². The van der Waals surface area contributed by atoms with Gasteiger partial charge in [0.05, 0.1) is 8.81 Å². The fourth-order valence-corrected chi connectivity index (χ4v) is 3.18. The van der Waals surface area contributed by atoms with Gasteiger partial charge in [-0.15, -0.1) is 11.3 Å². The van der Waals surface area contributed by atoms with E-state index < -0.39 is 5.82 Å². The van der Waals surface area contributed by atoms with Crippen LogP contribution in [0.4, 0.5) is 4.39 Å². The molecule has 0 spiro atoms. The maximum Gasteiger partial charge on any atom is 0.141 e. The van der Waals surface area contributed by atoms with Crippen LogP contribution in [0.1, 0.15) is 16.5 Å². The van der Waals surface area contributed by atoms with Crippen LogP contribution < -0.4 is 5.73 Å². The molecule has 1 atom stereocenters. The normalized spacial score (nSPS) is 12.7. The SMILES string of the molecule is NC(Cc1ccc(F)c(Cl)c1)c1ccc(Br)s1. The summed E-state index contributed by atoms with van der Waals surface area (Å²) in [5, 5.41) is 0.141. The molecular weight excluding hydrogens is 325 g/mol. The topological polar surface area (TPSA) is 26.0 Å². The molecule has 0 saturated heterocycles. The molecule has 0 radical (unpaired) electrons. The molecule has 1 unspecified atom stereocenters. The smallest absolute Gasteiger partial charge is 0.141 e. The van der Waals surface area contributed by atoms with Crippen molar-refractivity contribution in [2.45, 2.75) is 12.5 Å². The highest BCUT2D eigenvalue weighted by atomic mass is 79.9. The van der Waals surface area contributed by atoms with Crippen LogP contribution in [0, 0.1) is 5.82 Å². The molecule has 2 rings (SSSR count). The van der Waals surface area contributed by atoms with Crippen molar-refractivity contribution in [2.24, 2.45) is 5.73 Å². The highest BCUT2D eigenvalue weighted by Crippen LogP contribution is 2.28. The predicted molar refractivity (Wildman–Crippen MR) is 74.1 cm³/mol. The van der Waals surface area contributed by atoms with Gasteiger partial charge in [-0.3, -0.25) is 0 Å². The standard InChI is InChI=1S/C12H10BrClFNS/c13-12-4-3-11(17-12)10(16)6-7-1-2-9(15)8(14)5-7/h1-5,10H,6,16H2. The Kier molecular flexibility index (Phi) is 4.20. The van der Waals surface area contributed by atoms with E-state index in [0.29, 0.717) is 6.42 Å². The van der Waals surface area contributed by atoms with Crippen LogP contribution in [0.3, 0.4) is 0 Å². The molecule has 0 saturated carbocycles. The van der Waals surface area contributed by atoms with E-state index in [4.69, 9.17) is 17.3 Å². The molecule has 1 aromatic heterocycles. The summed E-state index contributed by atoms with van der Waals surface area (Å²) in [5.41, 5.74) is 7.02. The molecule has 0 aliphatic carbocycles. The largest absolute Gasteiger partial charge is 0.323 e. The highest BCUT2D eigenvalue weighted by Gasteiger charge is 2.10. The van der Waals surface area contributed by atoms with Gasteiger partial charge in [0.1, 0.15) is 5.82 Å². The average Bonchev–Trinajstić information content (AvgIpc) is 2.70. The number of nitrogens with two attached hydrogens (primary N) is 1. The molecule has 1 aromatic carbocycles. The van der Waals surface area contributed by atoms with E-state index in [1.54, 1.807) is 23.5 Å². The lowest BCUT2D eigenvalue weighted by Gasteiger charge is -2.09. The van der Waals surface area contributed by atoms with Crippen LogP contribution in [0.15, 0.2) is 34.1 Å². The second-order valence-corrected chi connectivity index (χ2v) is 6.60. The number of hydrogen-bond donors (Lipinski definition) is 1. The summed E-state index contributed by atoms with van der Waals surface area (Å²) in [5.74, 6) is -0.400. The van der Waals surface area contributed by atoms with Crippen molar-refractivity contribution in [1.82, 2.24) is 0 Å². The molecule has 5 heteroatoms. The molecule has 0 aliphatic heterocycles. The molecule has 0 amide bonds. The molecule has 0 aliphatic rings. The fraction of sp³-hybridized carbons (Fsp3) is 0.167. The Hall–Kier alpha value is -0.420. The van der Waals surface area contributed by atoms with E-state index in [9.17, 15) is 4.39 Å². The molecular formula is C12H10BrClFNS. The first-order valence-electron chi connectivity index (χ1n) is 5.01. The zero-order chi connectivity index (χ0) is 12.4. The van der Waals surface area contributed by atoms with Gasteiger partial charge in [0, 0.05) is 10.9 Å². The van der Waals surface area contributed by atoms with Crippen molar-refractivity contribution in [1.29, 1.82) is 0 Å². The Bertz CT molecular complexity index is 529. The predicted octanol–water partition coefficient (Wildman–Crippen LogP) is 4.55. The van der Waals surface area contributed by atoms with Gasteiger partial charge in [-0.05, 0) is 52.2 Å². The summed E-state index contributed by atoms with van der Waals surface area (Å²) >= 11 is 10.7. The van der Waals surface area contributed by atoms with Crippen LogP contribution in [-0.2, 0) is 6.42 Å². The Morgan fingerprint density at radius 3 is 2.71 bits per heavy atom. The van der Waals surface area contributed by atoms with Crippen molar-refractivity contribution in [3.8, 4) is 0 Å². The van der Waals surface area contributed by atoms with Gasteiger partial charge in [-0.2, -0.15) is 0 Å². The van der Waals surface area contributed by atoms with E-state index >= 15 is 0 Å². The second kappa shape index (κ2) is 5.48. The summed E-state index contributed by atoms with van der Waals surface area (Å²) < 4.78 is 14.1. The zero-order valence-electron chi connectivity index (χ0n) is 8.79. The van der Waals surface area contributed by atoms with Crippen LogP contribution in [0.2, 0.25) is 5.02 Å². The third-order valence-electron chi connectivity index (χ3n) is 2.40. The first-order chi connectivity index (χ1) is 8.06. The number of halogens is 3. The lowest BCUT2D eigenvalue weighted by molar-refractivity contribution is 0.626. The fourth-order valence-electron chi connectivity index (χ4n) is 1.55. The number of hydrogen-bond acceptors (Lipinski definition) is 2. The van der Waals surface area contributed by atoms with Gasteiger partial charge in [-0.25, -0.2) is 4.39 Å². The molecule has 90 valence electrons. The van der Waals surface area contributed by atoms with Gasteiger partial charge in [0.15, 0.2) is 0 Å². The maximum atomic E-state index is 13.0. The quantitative estimate of drug-likeness (QED) is 0.876. The second-order valence-electron chi connectivity index (χ2n) is 3.70. The Labute approximate surface area is 117 Å². The summed E-state index contributed by atoms with van der Waals surface area (Å²) in [4.78, 5) is 1.09. The van der Waals surface area contributed by atoms with Crippen molar-refractivity contribution in [3.05, 3.63) is 55.4 Å². The van der Waals surface area contributed by atoms with Gasteiger partial charge < -0.3 is 5.73 Å². The molecule has 1 nitrogen and oxygen atoms in total. The minimum absolute atomic E-state index is 0.0900. The molecule has 17 heavy (non-hydrogen) atoms. The molecule has 1 heterocycles. The molecule has 2 aromatic rings. The van der Waals surface area contributed by atoms with Crippen molar-refractivity contribution in [2.75, 3.05) is 0 Å². The van der Waals surface area contributed by atoms with E-state index in [1.165, 1.54) is 6.07 Å². The number of benzene rings is 1. The third kappa shape index (κ3) is 3.28. The average molecular weight is 335 g/mol. The molecule has 2 N–H and O–H groups in total. The van der Waals surface area contributed by atoms with Crippen molar-refractivity contribution in [3.63, 3.8) is 0 Å². The summed E-state index contributed by atoms with van der Waals surface area (Å²) in [6.07, 6.45) is 0.646. The minimum Gasteiger partial charge on any atom is -0.323 e. The van der Waals surface area contributed by atoms with Gasteiger partial charge in [0.25, 0.3) is 0 Å². The lowest BCUT2D eigenvalue weighted by atomic mass is 10.1. The minimum atomic E-state index is -0.400. The summed E-state index contributed by atoms with van der Waals surface area (Å²) in [6.45, 7) is 0. The van der Waals surface area contributed by atoms with Crippen LogP contribution in [-0.4, -0.2) is 0 Å². The van der Waals surface area contributed by atoms with E-state index in [-0.39, 0.29) is 11.1 Å².